The number of thiocarbonyl (C=S) groups is 1. The molecule has 0 aliphatic heterocycles. The molecule has 1 heterocycles. The quantitative estimate of drug-likeness (QED) is 0.815. The van der Waals surface area contributed by atoms with E-state index in [1.54, 1.807) is 13.3 Å². The van der Waals surface area contributed by atoms with Crippen molar-refractivity contribution in [2.45, 2.75) is 32.4 Å². The molecule has 18 heavy (non-hydrogen) atoms. The highest BCUT2D eigenvalue weighted by Gasteiger charge is 2.48. The van der Waals surface area contributed by atoms with E-state index in [9.17, 15) is 0 Å². The highest BCUT2D eigenvalue weighted by atomic mass is 32.1. The Morgan fingerprint density at radius 3 is 2.89 bits per heavy atom. The minimum absolute atomic E-state index is 0.0831. The van der Waals surface area contributed by atoms with Gasteiger partial charge in [-0.3, -0.25) is 0 Å². The SMILES string of the molecule is COC1CC(Nc2ncccc2C(N)=S)C1(C)C. The Balaban J connectivity index is 2.14. The second-order valence-electron chi connectivity index (χ2n) is 5.24. The molecule has 0 amide bonds. The molecule has 2 atom stereocenters. The van der Waals surface area contributed by atoms with E-state index < -0.39 is 0 Å². The van der Waals surface area contributed by atoms with Crippen molar-refractivity contribution in [3.8, 4) is 0 Å². The minimum Gasteiger partial charge on any atom is -0.389 e. The fourth-order valence-electron chi connectivity index (χ4n) is 2.41. The summed E-state index contributed by atoms with van der Waals surface area (Å²) in [5.41, 5.74) is 6.58. The summed E-state index contributed by atoms with van der Waals surface area (Å²) in [5.74, 6) is 0.762. The molecule has 0 bridgehead atoms. The van der Waals surface area contributed by atoms with Gasteiger partial charge < -0.3 is 15.8 Å². The highest BCUT2D eigenvalue weighted by Crippen LogP contribution is 2.44. The van der Waals surface area contributed by atoms with Crippen LogP contribution >= 0.6 is 12.2 Å². The molecule has 2 rings (SSSR count). The number of hydrogen-bond acceptors (Lipinski definition) is 4. The zero-order valence-corrected chi connectivity index (χ0v) is 11.8. The highest BCUT2D eigenvalue weighted by molar-refractivity contribution is 7.80. The molecule has 3 N–H and O–H groups in total. The Labute approximate surface area is 113 Å². The summed E-state index contributed by atoms with van der Waals surface area (Å²) >= 11 is 5.03. The molecule has 1 aliphatic rings. The van der Waals surface area contributed by atoms with Crippen LogP contribution in [0.1, 0.15) is 25.8 Å². The fraction of sp³-hybridized carbons (Fsp3) is 0.538. The normalized spacial score (nSPS) is 25.3. The van der Waals surface area contributed by atoms with E-state index in [0.717, 1.165) is 17.8 Å². The summed E-state index contributed by atoms with van der Waals surface area (Å²) in [6, 6.07) is 4.05. The van der Waals surface area contributed by atoms with Gasteiger partial charge in [0.05, 0.1) is 11.7 Å². The molecular weight excluding hydrogens is 246 g/mol. The van der Waals surface area contributed by atoms with Crippen LogP contribution in [0.25, 0.3) is 0 Å². The first kappa shape index (κ1) is 13.2. The van der Waals surface area contributed by atoms with Crippen molar-refractivity contribution >= 4 is 23.0 Å². The third-order valence-corrected chi connectivity index (χ3v) is 4.07. The molecule has 1 aromatic rings. The molecule has 0 aromatic carbocycles. The molecule has 1 aromatic heterocycles. The van der Waals surface area contributed by atoms with Gasteiger partial charge in [0, 0.05) is 24.8 Å². The number of ether oxygens (including phenoxy) is 1. The maximum Gasteiger partial charge on any atom is 0.136 e. The van der Waals surface area contributed by atoms with E-state index in [-0.39, 0.29) is 11.5 Å². The molecule has 0 spiro atoms. The van der Waals surface area contributed by atoms with Crippen LogP contribution in [0, 0.1) is 5.41 Å². The first-order valence-corrected chi connectivity index (χ1v) is 6.41. The molecule has 98 valence electrons. The van der Waals surface area contributed by atoms with Gasteiger partial charge >= 0.3 is 0 Å². The average Bonchev–Trinajstić information content (AvgIpc) is 2.34. The van der Waals surface area contributed by atoms with E-state index in [1.165, 1.54) is 0 Å². The minimum atomic E-state index is 0.0831. The largest absolute Gasteiger partial charge is 0.389 e. The molecule has 5 heteroatoms. The lowest BCUT2D eigenvalue weighted by Gasteiger charge is -2.51. The number of rotatable bonds is 4. The number of methoxy groups -OCH3 is 1. The van der Waals surface area contributed by atoms with Crippen molar-refractivity contribution in [3.05, 3.63) is 23.9 Å². The Morgan fingerprint density at radius 1 is 1.61 bits per heavy atom. The molecular formula is C13H19N3OS. The van der Waals surface area contributed by atoms with Crippen molar-refractivity contribution < 1.29 is 4.74 Å². The van der Waals surface area contributed by atoms with Crippen molar-refractivity contribution in [2.75, 3.05) is 12.4 Å². The van der Waals surface area contributed by atoms with Gasteiger partial charge in [0.15, 0.2) is 0 Å². The van der Waals surface area contributed by atoms with Crippen LogP contribution in [0.15, 0.2) is 18.3 Å². The zero-order chi connectivity index (χ0) is 13.3. The summed E-state index contributed by atoms with van der Waals surface area (Å²) < 4.78 is 5.44. The third-order valence-electron chi connectivity index (χ3n) is 3.85. The maximum absolute atomic E-state index is 5.70. The predicted octanol–water partition coefficient (Wildman–Crippen LogP) is 1.94. The fourth-order valence-corrected chi connectivity index (χ4v) is 2.58. The Bertz CT molecular complexity index is 461. The van der Waals surface area contributed by atoms with E-state index in [1.807, 2.05) is 12.1 Å². The Hall–Kier alpha value is -1.20. The van der Waals surface area contributed by atoms with E-state index in [0.29, 0.717) is 11.0 Å². The number of aromatic nitrogens is 1. The number of nitrogens with one attached hydrogen (secondary N) is 1. The molecule has 1 fully saturated rings. The van der Waals surface area contributed by atoms with E-state index >= 15 is 0 Å². The number of nitrogens with two attached hydrogens (primary N) is 1. The van der Waals surface area contributed by atoms with Gasteiger partial charge in [0.1, 0.15) is 10.8 Å². The van der Waals surface area contributed by atoms with Crippen LogP contribution in [0.5, 0.6) is 0 Å². The second-order valence-corrected chi connectivity index (χ2v) is 5.68. The van der Waals surface area contributed by atoms with Crippen LogP contribution in [-0.4, -0.2) is 29.2 Å². The van der Waals surface area contributed by atoms with Crippen LogP contribution in [0.4, 0.5) is 5.82 Å². The number of anilines is 1. The number of hydrogen-bond donors (Lipinski definition) is 2. The summed E-state index contributed by atoms with van der Waals surface area (Å²) in [6.45, 7) is 4.37. The van der Waals surface area contributed by atoms with Gasteiger partial charge in [-0.05, 0) is 18.6 Å². The van der Waals surface area contributed by atoms with Crippen LogP contribution in [0.2, 0.25) is 0 Å². The maximum atomic E-state index is 5.70. The van der Waals surface area contributed by atoms with Crippen LogP contribution in [0.3, 0.4) is 0 Å². The summed E-state index contributed by atoms with van der Waals surface area (Å²) in [6.07, 6.45) is 2.99. The summed E-state index contributed by atoms with van der Waals surface area (Å²) in [5, 5.41) is 3.42. The number of pyridine rings is 1. The van der Waals surface area contributed by atoms with E-state index in [2.05, 4.69) is 24.1 Å². The third kappa shape index (κ3) is 2.20. The monoisotopic (exact) mass is 265 g/mol. The van der Waals surface area contributed by atoms with Crippen molar-refractivity contribution in [2.24, 2.45) is 11.1 Å². The number of nitrogens with zero attached hydrogens (tertiary/aromatic N) is 1. The summed E-state index contributed by atoms with van der Waals surface area (Å²) in [4.78, 5) is 4.69. The smallest absolute Gasteiger partial charge is 0.136 e. The molecule has 4 nitrogen and oxygen atoms in total. The van der Waals surface area contributed by atoms with Crippen molar-refractivity contribution in [3.63, 3.8) is 0 Å². The molecule has 1 aliphatic carbocycles. The lowest BCUT2D eigenvalue weighted by molar-refractivity contribution is -0.0795. The standard InChI is InChI=1S/C13H19N3OS/c1-13(2)9(7-10(13)17-3)16-12-8(11(14)18)5-4-6-15-12/h4-6,9-10H,7H2,1-3H3,(H2,14,18)(H,15,16). The van der Waals surface area contributed by atoms with Crippen molar-refractivity contribution in [1.29, 1.82) is 0 Å². The topological polar surface area (TPSA) is 60.2 Å². The first-order valence-electron chi connectivity index (χ1n) is 6.01. The second kappa shape index (κ2) is 4.82. The van der Waals surface area contributed by atoms with Gasteiger partial charge in [-0.15, -0.1) is 0 Å². The van der Waals surface area contributed by atoms with Gasteiger partial charge in [-0.25, -0.2) is 4.98 Å². The Morgan fingerprint density at radius 2 is 2.33 bits per heavy atom. The van der Waals surface area contributed by atoms with Crippen molar-refractivity contribution in [1.82, 2.24) is 4.98 Å². The van der Waals surface area contributed by atoms with E-state index in [4.69, 9.17) is 22.7 Å². The predicted molar refractivity (Wildman–Crippen MR) is 76.7 cm³/mol. The molecule has 0 saturated heterocycles. The average molecular weight is 265 g/mol. The van der Waals surface area contributed by atoms with Gasteiger partial charge in [0.25, 0.3) is 0 Å². The lowest BCUT2D eigenvalue weighted by atomic mass is 9.64. The summed E-state index contributed by atoms with van der Waals surface area (Å²) in [7, 11) is 1.75. The first-order chi connectivity index (χ1) is 8.46. The van der Waals surface area contributed by atoms with Crippen LogP contribution < -0.4 is 11.1 Å². The zero-order valence-electron chi connectivity index (χ0n) is 10.9. The van der Waals surface area contributed by atoms with Gasteiger partial charge in [-0.1, -0.05) is 26.1 Å². The molecule has 1 saturated carbocycles. The molecule has 0 radical (unpaired) electrons. The van der Waals surface area contributed by atoms with Gasteiger partial charge in [-0.2, -0.15) is 0 Å². The van der Waals surface area contributed by atoms with Gasteiger partial charge in [0.2, 0.25) is 0 Å². The Kier molecular flexibility index (Phi) is 3.54. The lowest BCUT2D eigenvalue weighted by Crippen LogP contribution is -2.57. The van der Waals surface area contributed by atoms with Crippen LogP contribution in [-0.2, 0) is 4.74 Å². The molecule has 2 unspecified atom stereocenters.